The molecule has 4 rings (SSSR count). The predicted molar refractivity (Wildman–Crippen MR) is 112 cm³/mol. The molecule has 0 spiro atoms. The van der Waals surface area contributed by atoms with Crippen LogP contribution in [0.4, 0.5) is 13.2 Å². The van der Waals surface area contributed by atoms with Crippen molar-refractivity contribution in [1.82, 2.24) is 20.1 Å². The first kappa shape index (κ1) is 21.2. The van der Waals surface area contributed by atoms with Gasteiger partial charge in [-0.2, -0.15) is 18.3 Å². The number of pyridine rings is 1. The number of alkyl halides is 3. The van der Waals surface area contributed by atoms with Crippen LogP contribution in [-0.4, -0.2) is 20.7 Å². The first-order valence-corrected chi connectivity index (χ1v) is 9.66. The smallest absolute Gasteiger partial charge is 0.346 e. The van der Waals surface area contributed by atoms with E-state index in [1.54, 1.807) is 48.8 Å². The maximum absolute atomic E-state index is 13.2. The van der Waals surface area contributed by atoms with Crippen molar-refractivity contribution in [2.75, 3.05) is 0 Å². The lowest BCUT2D eigenvalue weighted by atomic mass is 10.1. The third-order valence-electron chi connectivity index (χ3n) is 4.89. The first-order chi connectivity index (χ1) is 15.3. The Hall–Kier alpha value is -4.01. The maximum Gasteiger partial charge on any atom is 0.417 e. The summed E-state index contributed by atoms with van der Waals surface area (Å²) in [7, 11) is 0. The second kappa shape index (κ2) is 8.62. The van der Waals surface area contributed by atoms with E-state index in [2.05, 4.69) is 15.4 Å². The molecule has 2 aromatic carbocycles. The molecule has 0 atom stereocenters. The number of nitrogens with zero attached hydrogens (tertiary/aromatic N) is 3. The number of nitrogens with one attached hydrogen (secondary N) is 1. The van der Waals surface area contributed by atoms with Gasteiger partial charge in [0.25, 0.3) is 11.5 Å². The largest absolute Gasteiger partial charge is 0.417 e. The van der Waals surface area contributed by atoms with Gasteiger partial charge in [-0.3, -0.25) is 14.6 Å². The summed E-state index contributed by atoms with van der Waals surface area (Å²) in [5.74, 6) is -0.881. The van der Waals surface area contributed by atoms with Crippen LogP contribution in [0, 0.1) is 0 Å². The third kappa shape index (κ3) is 4.36. The van der Waals surface area contributed by atoms with Crippen LogP contribution < -0.4 is 10.9 Å². The molecule has 1 amide bonds. The van der Waals surface area contributed by atoms with Gasteiger partial charge in [0, 0.05) is 17.8 Å². The molecular formula is C23H17F3N4O2. The number of rotatable bonds is 5. The number of hydrogen-bond donors (Lipinski definition) is 1. The lowest BCUT2D eigenvalue weighted by molar-refractivity contribution is -0.137. The molecule has 0 saturated carbocycles. The Morgan fingerprint density at radius 2 is 1.69 bits per heavy atom. The van der Waals surface area contributed by atoms with Crippen molar-refractivity contribution in [3.8, 4) is 0 Å². The Balaban J connectivity index is 1.67. The van der Waals surface area contributed by atoms with E-state index < -0.39 is 23.2 Å². The first-order valence-electron chi connectivity index (χ1n) is 9.66. The number of halogens is 3. The summed E-state index contributed by atoms with van der Waals surface area (Å²) in [6.07, 6.45) is -1.44. The highest BCUT2D eigenvalue weighted by atomic mass is 19.4. The molecule has 6 nitrogen and oxygen atoms in total. The highest BCUT2D eigenvalue weighted by molar-refractivity contribution is 5.96. The maximum atomic E-state index is 13.2. The van der Waals surface area contributed by atoms with Crippen molar-refractivity contribution in [3.63, 3.8) is 0 Å². The molecule has 32 heavy (non-hydrogen) atoms. The van der Waals surface area contributed by atoms with Gasteiger partial charge in [0.05, 0.1) is 35.3 Å². The molecule has 4 aromatic rings. The van der Waals surface area contributed by atoms with Crippen LogP contribution in [0.25, 0.3) is 10.8 Å². The molecule has 2 aromatic heterocycles. The second-order valence-corrected chi connectivity index (χ2v) is 7.04. The fraction of sp³-hybridized carbons (Fsp3) is 0.130. The average molecular weight is 438 g/mol. The van der Waals surface area contributed by atoms with Crippen LogP contribution >= 0.6 is 0 Å². The minimum atomic E-state index is -4.66. The van der Waals surface area contributed by atoms with E-state index in [9.17, 15) is 22.8 Å². The van der Waals surface area contributed by atoms with Crippen molar-refractivity contribution >= 4 is 16.7 Å². The second-order valence-electron chi connectivity index (χ2n) is 7.04. The zero-order valence-electron chi connectivity index (χ0n) is 16.6. The lowest BCUT2D eigenvalue weighted by Gasteiger charge is -2.14. The summed E-state index contributed by atoms with van der Waals surface area (Å²) in [5, 5.41) is 7.79. The fourth-order valence-corrected chi connectivity index (χ4v) is 3.40. The van der Waals surface area contributed by atoms with Crippen LogP contribution in [0.2, 0.25) is 0 Å². The summed E-state index contributed by atoms with van der Waals surface area (Å²) in [6.45, 7) is 0.00815. The molecule has 0 aliphatic heterocycles. The van der Waals surface area contributed by atoms with Crippen molar-refractivity contribution in [1.29, 1.82) is 0 Å². The molecule has 9 heteroatoms. The van der Waals surface area contributed by atoms with E-state index in [4.69, 9.17) is 0 Å². The molecule has 2 heterocycles. The Labute approximate surface area is 180 Å². The molecule has 0 aliphatic carbocycles. The molecule has 0 saturated heterocycles. The summed E-state index contributed by atoms with van der Waals surface area (Å²) in [6, 6.07) is 14.9. The average Bonchev–Trinajstić information content (AvgIpc) is 2.80. The van der Waals surface area contributed by atoms with Crippen molar-refractivity contribution in [2.24, 2.45) is 0 Å². The Kier molecular flexibility index (Phi) is 5.72. The summed E-state index contributed by atoms with van der Waals surface area (Å²) < 4.78 is 41.0. The number of carbonyl (C=O) groups excluding carboxylic acids is 1. The molecule has 1 N–H and O–H groups in total. The number of benzene rings is 2. The number of carbonyl (C=O) groups is 1. The Morgan fingerprint density at radius 3 is 2.41 bits per heavy atom. The number of aromatic nitrogens is 3. The van der Waals surface area contributed by atoms with Gasteiger partial charge < -0.3 is 5.32 Å². The lowest BCUT2D eigenvalue weighted by Crippen LogP contribution is -2.30. The minimum absolute atomic E-state index is 0.154. The quantitative estimate of drug-likeness (QED) is 0.515. The molecular weight excluding hydrogens is 421 g/mol. The van der Waals surface area contributed by atoms with Crippen LogP contribution in [0.15, 0.2) is 77.9 Å². The topological polar surface area (TPSA) is 76.9 Å². The standard InChI is InChI=1S/C23H17F3N4O2/c24-23(25,26)19-10-4-3-9-18(19)21(31)28-13-20-16-7-1-2-8-17(16)22(32)30(29-20)14-15-6-5-11-27-12-15/h1-12H,13-14H2,(H,28,31). The molecule has 0 unspecified atom stereocenters. The zero-order chi connectivity index (χ0) is 22.7. The highest BCUT2D eigenvalue weighted by Crippen LogP contribution is 2.31. The Bertz CT molecular complexity index is 1330. The van der Waals surface area contributed by atoms with E-state index in [1.807, 2.05) is 0 Å². The van der Waals surface area contributed by atoms with Gasteiger partial charge in [-0.15, -0.1) is 0 Å². The number of fused-ring (bicyclic) bond motifs is 1. The minimum Gasteiger partial charge on any atom is -0.346 e. The molecule has 162 valence electrons. The predicted octanol–water partition coefficient (Wildman–Crippen LogP) is 3.79. The van der Waals surface area contributed by atoms with E-state index in [1.165, 1.54) is 16.8 Å². The summed E-state index contributed by atoms with van der Waals surface area (Å²) >= 11 is 0. The normalized spacial score (nSPS) is 11.5. The van der Waals surface area contributed by atoms with Crippen molar-refractivity contribution in [2.45, 2.75) is 19.3 Å². The van der Waals surface area contributed by atoms with Crippen LogP contribution in [0.3, 0.4) is 0 Å². The number of hydrogen-bond acceptors (Lipinski definition) is 4. The fourth-order valence-electron chi connectivity index (χ4n) is 3.40. The van der Waals surface area contributed by atoms with E-state index in [-0.39, 0.29) is 18.6 Å². The van der Waals surface area contributed by atoms with Gasteiger partial charge in [-0.25, -0.2) is 4.68 Å². The Morgan fingerprint density at radius 1 is 0.969 bits per heavy atom. The van der Waals surface area contributed by atoms with Gasteiger partial charge in [0.2, 0.25) is 0 Å². The van der Waals surface area contributed by atoms with Gasteiger partial charge >= 0.3 is 6.18 Å². The van der Waals surface area contributed by atoms with Crippen LogP contribution in [0.5, 0.6) is 0 Å². The van der Waals surface area contributed by atoms with Gasteiger partial charge in [0.1, 0.15) is 0 Å². The molecule has 0 fully saturated rings. The van der Waals surface area contributed by atoms with E-state index in [0.29, 0.717) is 16.5 Å². The zero-order valence-corrected chi connectivity index (χ0v) is 16.6. The van der Waals surface area contributed by atoms with Gasteiger partial charge in [-0.1, -0.05) is 36.4 Å². The molecule has 0 radical (unpaired) electrons. The number of amides is 1. The summed E-state index contributed by atoms with van der Waals surface area (Å²) in [5.41, 5.74) is -0.694. The van der Waals surface area contributed by atoms with Crippen LogP contribution in [0.1, 0.15) is 27.2 Å². The third-order valence-corrected chi connectivity index (χ3v) is 4.89. The highest BCUT2D eigenvalue weighted by Gasteiger charge is 2.34. The van der Waals surface area contributed by atoms with Gasteiger partial charge in [0.15, 0.2) is 0 Å². The molecule has 0 aliphatic rings. The van der Waals surface area contributed by atoms with Gasteiger partial charge in [-0.05, 0) is 29.8 Å². The SMILES string of the molecule is O=C(NCc1nn(Cc2cccnc2)c(=O)c2ccccc12)c1ccccc1C(F)(F)F. The van der Waals surface area contributed by atoms with E-state index >= 15 is 0 Å². The van der Waals surface area contributed by atoms with Crippen LogP contribution in [-0.2, 0) is 19.3 Å². The van der Waals surface area contributed by atoms with Crippen molar-refractivity contribution in [3.05, 3.63) is 106 Å². The molecule has 0 bridgehead atoms. The summed E-state index contributed by atoms with van der Waals surface area (Å²) in [4.78, 5) is 29.4. The van der Waals surface area contributed by atoms with E-state index in [0.717, 1.165) is 17.7 Å². The van der Waals surface area contributed by atoms with Crippen molar-refractivity contribution < 1.29 is 18.0 Å². The monoisotopic (exact) mass is 438 g/mol.